The molecule has 8 heavy (non-hydrogen) atoms. The molecule has 48 valence electrons. The molecule has 0 aromatic rings. The van der Waals surface area contributed by atoms with Crippen LogP contribution in [0.4, 0.5) is 0 Å². The highest BCUT2D eigenvalue weighted by atomic mass is 79.9. The van der Waals surface area contributed by atoms with Crippen LogP contribution in [0.1, 0.15) is 6.42 Å². The lowest BCUT2D eigenvalue weighted by atomic mass is 10.3. The standard InChI is InChI=1S/C4H6BrClO2/c5-3(1-2-6)4(7)8/h3H,1-2H2,(H,7,8)/p-1. The van der Waals surface area contributed by atoms with Crippen molar-refractivity contribution in [3.63, 3.8) is 0 Å². The summed E-state index contributed by atoms with van der Waals surface area (Å²) in [6.45, 7) is 0. The lowest BCUT2D eigenvalue weighted by Crippen LogP contribution is -2.31. The molecule has 0 aliphatic heterocycles. The molecule has 4 heteroatoms. The summed E-state index contributed by atoms with van der Waals surface area (Å²) in [4.78, 5) is 9.28. The Morgan fingerprint density at radius 2 is 2.38 bits per heavy atom. The topological polar surface area (TPSA) is 40.1 Å². The van der Waals surface area contributed by atoms with Gasteiger partial charge in [0.15, 0.2) is 0 Å². The van der Waals surface area contributed by atoms with Crippen LogP contribution in [-0.2, 0) is 4.79 Å². The Kier molecular flexibility index (Phi) is 4.28. The van der Waals surface area contributed by atoms with Gasteiger partial charge in [0.2, 0.25) is 0 Å². The normalized spacial score (nSPS) is 13.2. The van der Waals surface area contributed by atoms with Gasteiger partial charge in [0.1, 0.15) is 0 Å². The first-order valence-electron chi connectivity index (χ1n) is 2.09. The molecule has 2 nitrogen and oxygen atoms in total. The molecular weight excluding hydrogens is 195 g/mol. The zero-order chi connectivity index (χ0) is 6.57. The lowest BCUT2D eigenvalue weighted by molar-refractivity contribution is -0.304. The first-order valence-corrected chi connectivity index (χ1v) is 3.54. The van der Waals surface area contributed by atoms with Crippen molar-refractivity contribution in [3.8, 4) is 0 Å². The Balaban J connectivity index is 3.32. The summed E-state index contributed by atoms with van der Waals surface area (Å²) >= 11 is 8.08. The quantitative estimate of drug-likeness (QED) is 0.608. The molecule has 0 spiro atoms. The molecule has 0 N–H and O–H groups in total. The second-order valence-electron chi connectivity index (χ2n) is 1.26. The number of halogens is 2. The zero-order valence-corrected chi connectivity index (χ0v) is 6.41. The van der Waals surface area contributed by atoms with Crippen LogP contribution in [-0.4, -0.2) is 16.7 Å². The summed E-state index contributed by atoms with van der Waals surface area (Å²) in [6.07, 6.45) is 0.407. The van der Waals surface area contributed by atoms with Gasteiger partial charge in [0.25, 0.3) is 0 Å². The van der Waals surface area contributed by atoms with Crippen LogP contribution < -0.4 is 5.11 Å². The third-order valence-corrected chi connectivity index (χ3v) is 1.67. The maximum atomic E-state index is 9.87. The van der Waals surface area contributed by atoms with E-state index in [-0.39, 0.29) is 0 Å². The fourth-order valence-electron chi connectivity index (χ4n) is 0.214. The van der Waals surface area contributed by atoms with Crippen molar-refractivity contribution in [2.45, 2.75) is 11.2 Å². The van der Waals surface area contributed by atoms with Crippen LogP contribution in [0.2, 0.25) is 0 Å². The Labute approximate surface area is 61.0 Å². The average Bonchev–Trinajstić information content (AvgIpc) is 1.67. The predicted octanol–water partition coefficient (Wildman–Crippen LogP) is 0.129. The third kappa shape index (κ3) is 3.27. The minimum Gasteiger partial charge on any atom is -0.549 e. The molecule has 0 aromatic carbocycles. The van der Waals surface area contributed by atoms with Crippen molar-refractivity contribution in [2.24, 2.45) is 0 Å². The SMILES string of the molecule is O=C([O-])C(Br)CCCl. The third-order valence-electron chi connectivity index (χ3n) is 0.618. The fourth-order valence-corrected chi connectivity index (χ4v) is 0.924. The van der Waals surface area contributed by atoms with E-state index in [0.717, 1.165) is 0 Å². The number of hydrogen-bond acceptors (Lipinski definition) is 2. The van der Waals surface area contributed by atoms with E-state index in [1.807, 2.05) is 0 Å². The van der Waals surface area contributed by atoms with Gasteiger partial charge in [-0.1, -0.05) is 15.9 Å². The highest BCUT2D eigenvalue weighted by Gasteiger charge is 2.01. The molecule has 1 atom stereocenters. The van der Waals surface area contributed by atoms with E-state index < -0.39 is 10.8 Å². The summed E-state index contributed by atoms with van der Waals surface area (Å²) in [5.41, 5.74) is 0. The lowest BCUT2D eigenvalue weighted by Gasteiger charge is -2.06. The van der Waals surface area contributed by atoms with Crippen LogP contribution in [0.5, 0.6) is 0 Å². The summed E-state index contributed by atoms with van der Waals surface area (Å²) in [6, 6.07) is 0. The van der Waals surface area contributed by atoms with Crippen molar-refractivity contribution in [1.82, 2.24) is 0 Å². The van der Waals surface area contributed by atoms with Crippen LogP contribution in [0.3, 0.4) is 0 Å². The molecule has 0 fully saturated rings. The van der Waals surface area contributed by atoms with Crippen LogP contribution in [0, 0.1) is 0 Å². The second kappa shape index (κ2) is 4.15. The molecule has 1 unspecified atom stereocenters. The van der Waals surface area contributed by atoms with E-state index in [4.69, 9.17) is 11.6 Å². The number of rotatable bonds is 3. The van der Waals surface area contributed by atoms with Crippen LogP contribution >= 0.6 is 27.5 Å². The van der Waals surface area contributed by atoms with E-state index in [1.54, 1.807) is 0 Å². The van der Waals surface area contributed by atoms with Gasteiger partial charge in [-0.2, -0.15) is 0 Å². The maximum Gasteiger partial charge on any atom is 0.0552 e. The molecule has 0 bridgehead atoms. The van der Waals surface area contributed by atoms with E-state index in [9.17, 15) is 9.90 Å². The number of alkyl halides is 2. The van der Waals surface area contributed by atoms with Crippen LogP contribution in [0.25, 0.3) is 0 Å². The summed E-state index contributed by atoms with van der Waals surface area (Å²) in [5, 5.41) is 9.87. The number of carbonyl (C=O) groups excluding carboxylic acids is 1. The zero-order valence-electron chi connectivity index (χ0n) is 4.06. The van der Waals surface area contributed by atoms with Gasteiger partial charge in [0.05, 0.1) is 10.8 Å². The van der Waals surface area contributed by atoms with E-state index in [2.05, 4.69) is 15.9 Å². The van der Waals surface area contributed by atoms with Gasteiger partial charge in [0, 0.05) is 5.88 Å². The first-order chi connectivity index (χ1) is 3.68. The van der Waals surface area contributed by atoms with Crippen molar-refractivity contribution in [3.05, 3.63) is 0 Å². The van der Waals surface area contributed by atoms with Crippen molar-refractivity contribution >= 4 is 33.5 Å². The number of aliphatic carboxylic acids is 1. The van der Waals surface area contributed by atoms with Crippen molar-refractivity contribution < 1.29 is 9.90 Å². The summed E-state index contributed by atoms with van der Waals surface area (Å²) < 4.78 is 0. The van der Waals surface area contributed by atoms with E-state index in [0.29, 0.717) is 12.3 Å². The number of hydrogen-bond donors (Lipinski definition) is 0. The summed E-state index contributed by atoms with van der Waals surface area (Å²) in [7, 11) is 0. The number of carboxylic acids is 1. The molecule has 0 radical (unpaired) electrons. The Morgan fingerprint density at radius 1 is 1.88 bits per heavy atom. The molecular formula is C4H5BrClO2-. The number of carboxylic acid groups (broad SMARTS) is 1. The molecule has 0 aromatic heterocycles. The largest absolute Gasteiger partial charge is 0.549 e. The second-order valence-corrected chi connectivity index (χ2v) is 2.75. The number of carbonyl (C=O) groups is 1. The molecule has 0 aliphatic rings. The minimum atomic E-state index is -1.11. The van der Waals surface area contributed by atoms with Gasteiger partial charge < -0.3 is 9.90 Å². The van der Waals surface area contributed by atoms with Crippen molar-refractivity contribution in [2.75, 3.05) is 5.88 Å². The molecule has 0 saturated heterocycles. The molecule has 0 heterocycles. The predicted molar refractivity (Wildman–Crippen MR) is 33.1 cm³/mol. The van der Waals surface area contributed by atoms with Gasteiger partial charge in [-0.05, 0) is 6.42 Å². The molecule has 0 aliphatic carbocycles. The molecule has 0 amide bonds. The Bertz CT molecular complexity index is 86.1. The Morgan fingerprint density at radius 3 is 2.50 bits per heavy atom. The fraction of sp³-hybridized carbons (Fsp3) is 0.750. The molecule has 0 rings (SSSR count). The molecule has 0 saturated carbocycles. The van der Waals surface area contributed by atoms with Crippen molar-refractivity contribution in [1.29, 1.82) is 0 Å². The highest BCUT2D eigenvalue weighted by molar-refractivity contribution is 9.10. The van der Waals surface area contributed by atoms with E-state index in [1.165, 1.54) is 0 Å². The highest BCUT2D eigenvalue weighted by Crippen LogP contribution is 2.03. The van der Waals surface area contributed by atoms with Gasteiger partial charge in [-0.3, -0.25) is 0 Å². The summed E-state index contributed by atoms with van der Waals surface area (Å²) in [5.74, 6) is -0.769. The van der Waals surface area contributed by atoms with Gasteiger partial charge >= 0.3 is 0 Å². The minimum absolute atomic E-state index is 0.337. The van der Waals surface area contributed by atoms with E-state index >= 15 is 0 Å². The van der Waals surface area contributed by atoms with Gasteiger partial charge in [-0.15, -0.1) is 11.6 Å². The first kappa shape index (κ1) is 8.24. The van der Waals surface area contributed by atoms with Crippen LogP contribution in [0.15, 0.2) is 0 Å². The Hall–Kier alpha value is 0.240. The van der Waals surface area contributed by atoms with Gasteiger partial charge in [-0.25, -0.2) is 0 Å². The monoisotopic (exact) mass is 199 g/mol. The smallest absolute Gasteiger partial charge is 0.0552 e. The average molecular weight is 200 g/mol. The maximum absolute atomic E-state index is 9.87.